The van der Waals surface area contributed by atoms with Crippen molar-refractivity contribution in [1.29, 1.82) is 0 Å². The van der Waals surface area contributed by atoms with Crippen molar-refractivity contribution < 1.29 is 9.59 Å². The third kappa shape index (κ3) is 3.69. The van der Waals surface area contributed by atoms with Crippen LogP contribution in [0.25, 0.3) is 0 Å². The highest BCUT2D eigenvalue weighted by Gasteiger charge is 2.31. The Morgan fingerprint density at radius 2 is 1.44 bits per heavy atom. The topological polar surface area (TPSA) is 106 Å². The lowest BCUT2D eigenvalue weighted by molar-refractivity contribution is 0.0413. The number of carbonyl (C=O) groups excluding carboxylic acids is 2. The van der Waals surface area contributed by atoms with Crippen molar-refractivity contribution in [2.45, 2.75) is 26.8 Å². The van der Waals surface area contributed by atoms with Gasteiger partial charge >= 0.3 is 0 Å². The highest BCUT2D eigenvalue weighted by atomic mass is 16.2. The van der Waals surface area contributed by atoms with Crippen LogP contribution in [0.5, 0.6) is 0 Å². The number of H-pyrrole nitrogens is 2. The molecular formula is C19H22N4O4. The van der Waals surface area contributed by atoms with Gasteiger partial charge in [0.2, 0.25) is 11.1 Å². The van der Waals surface area contributed by atoms with Gasteiger partial charge < -0.3 is 19.8 Å². The largest absolute Gasteiger partial charge is 0.335 e. The van der Waals surface area contributed by atoms with E-state index in [0.29, 0.717) is 41.9 Å². The molecule has 3 rings (SSSR count). The molecule has 0 saturated carbocycles. The first-order valence-corrected chi connectivity index (χ1v) is 8.77. The standard InChI is InChI=1S/C19H22N4O4/c1-11-6-16(24)20-8-14(11)18(26)22-4-5-23(13(3)10-22)19(27)15-9-21-17(25)7-12(15)2/h6-9,13H,4-5,10H2,1-3H3,(H,20,24)(H,21,25)/t13-/m0/s1. The van der Waals surface area contributed by atoms with Crippen molar-refractivity contribution in [2.75, 3.05) is 19.6 Å². The zero-order chi connectivity index (χ0) is 19.7. The molecule has 1 saturated heterocycles. The molecule has 27 heavy (non-hydrogen) atoms. The van der Waals surface area contributed by atoms with Gasteiger partial charge in [0.15, 0.2) is 0 Å². The molecular weight excluding hydrogens is 348 g/mol. The number of carbonyl (C=O) groups is 2. The molecule has 8 heteroatoms. The monoisotopic (exact) mass is 370 g/mol. The second-order valence-electron chi connectivity index (χ2n) is 6.89. The second kappa shape index (κ2) is 7.22. The molecule has 2 amide bonds. The van der Waals surface area contributed by atoms with Crippen LogP contribution in [0, 0.1) is 13.8 Å². The molecule has 0 unspecified atom stereocenters. The highest BCUT2D eigenvalue weighted by molar-refractivity contribution is 5.97. The fourth-order valence-corrected chi connectivity index (χ4v) is 3.38. The summed E-state index contributed by atoms with van der Waals surface area (Å²) < 4.78 is 0. The maximum atomic E-state index is 12.8. The average Bonchev–Trinajstić information content (AvgIpc) is 2.60. The smallest absolute Gasteiger partial charge is 0.255 e. The molecule has 0 aromatic carbocycles. The minimum absolute atomic E-state index is 0.163. The van der Waals surface area contributed by atoms with E-state index in [1.165, 1.54) is 24.5 Å². The lowest BCUT2D eigenvalue weighted by Gasteiger charge is -2.40. The van der Waals surface area contributed by atoms with E-state index in [1.807, 2.05) is 6.92 Å². The number of aromatic nitrogens is 2. The van der Waals surface area contributed by atoms with Gasteiger partial charge in [-0.25, -0.2) is 0 Å². The molecule has 8 nitrogen and oxygen atoms in total. The van der Waals surface area contributed by atoms with E-state index in [2.05, 4.69) is 9.97 Å². The molecule has 0 aliphatic carbocycles. The Labute approximate surface area is 155 Å². The van der Waals surface area contributed by atoms with Gasteiger partial charge in [0.1, 0.15) is 0 Å². The fourth-order valence-electron chi connectivity index (χ4n) is 3.38. The molecule has 2 aromatic heterocycles. The summed E-state index contributed by atoms with van der Waals surface area (Å²) in [6, 6.07) is 2.62. The van der Waals surface area contributed by atoms with Crippen molar-refractivity contribution >= 4 is 11.8 Å². The number of hydrogen-bond acceptors (Lipinski definition) is 4. The van der Waals surface area contributed by atoms with E-state index < -0.39 is 0 Å². The molecule has 1 aliphatic heterocycles. The van der Waals surface area contributed by atoms with Gasteiger partial charge in [-0.3, -0.25) is 19.2 Å². The summed E-state index contributed by atoms with van der Waals surface area (Å²) >= 11 is 0. The van der Waals surface area contributed by atoms with Gasteiger partial charge in [-0.05, 0) is 31.9 Å². The van der Waals surface area contributed by atoms with Crippen molar-refractivity contribution in [3.8, 4) is 0 Å². The molecule has 142 valence electrons. The number of rotatable bonds is 2. The van der Waals surface area contributed by atoms with Crippen molar-refractivity contribution in [1.82, 2.24) is 19.8 Å². The number of nitrogens with zero attached hydrogens (tertiary/aromatic N) is 2. The Morgan fingerprint density at radius 3 is 1.93 bits per heavy atom. The molecule has 1 aliphatic rings. The Balaban J connectivity index is 1.75. The summed E-state index contributed by atoms with van der Waals surface area (Å²) in [4.78, 5) is 56.8. The average molecular weight is 370 g/mol. The van der Waals surface area contributed by atoms with Crippen molar-refractivity contribution in [2.24, 2.45) is 0 Å². The number of piperazine rings is 1. The summed E-state index contributed by atoms with van der Waals surface area (Å²) in [6.45, 7) is 6.53. The van der Waals surface area contributed by atoms with Crippen LogP contribution < -0.4 is 11.1 Å². The van der Waals surface area contributed by atoms with Crippen LogP contribution in [0.2, 0.25) is 0 Å². The van der Waals surface area contributed by atoms with E-state index in [9.17, 15) is 19.2 Å². The normalized spacial score (nSPS) is 17.1. The van der Waals surface area contributed by atoms with Crippen LogP contribution in [0.1, 0.15) is 38.8 Å². The third-order valence-electron chi connectivity index (χ3n) is 4.90. The van der Waals surface area contributed by atoms with Crippen LogP contribution in [0.3, 0.4) is 0 Å². The molecule has 2 aromatic rings. The molecule has 0 bridgehead atoms. The van der Waals surface area contributed by atoms with Crippen LogP contribution in [0.4, 0.5) is 0 Å². The molecule has 0 radical (unpaired) electrons. The van der Waals surface area contributed by atoms with E-state index in [4.69, 9.17) is 0 Å². The van der Waals surface area contributed by atoms with Crippen molar-refractivity contribution in [3.05, 3.63) is 67.5 Å². The number of amides is 2. The second-order valence-corrected chi connectivity index (χ2v) is 6.89. The summed E-state index contributed by atoms with van der Waals surface area (Å²) in [5, 5.41) is 0. The van der Waals surface area contributed by atoms with Gasteiger partial charge in [0.25, 0.3) is 11.8 Å². The maximum Gasteiger partial charge on any atom is 0.255 e. The first kappa shape index (κ1) is 18.6. The summed E-state index contributed by atoms with van der Waals surface area (Å²) in [5.41, 5.74) is 1.67. The van der Waals surface area contributed by atoms with Crippen LogP contribution in [0.15, 0.2) is 34.1 Å². The number of nitrogens with one attached hydrogen (secondary N) is 2. The number of pyridine rings is 2. The molecule has 3 heterocycles. The number of hydrogen-bond donors (Lipinski definition) is 2. The van der Waals surface area contributed by atoms with E-state index in [-0.39, 0.29) is 29.0 Å². The predicted molar refractivity (Wildman–Crippen MR) is 100 cm³/mol. The zero-order valence-electron chi connectivity index (χ0n) is 15.5. The van der Waals surface area contributed by atoms with Crippen molar-refractivity contribution in [3.63, 3.8) is 0 Å². The minimum atomic E-state index is -0.246. The molecule has 1 atom stereocenters. The first-order valence-electron chi connectivity index (χ1n) is 8.77. The van der Waals surface area contributed by atoms with Gasteiger partial charge in [-0.15, -0.1) is 0 Å². The number of aromatic amines is 2. The summed E-state index contributed by atoms with van der Waals surface area (Å²) in [6.07, 6.45) is 2.87. The molecule has 2 N–H and O–H groups in total. The van der Waals surface area contributed by atoms with E-state index in [0.717, 1.165) is 0 Å². The maximum absolute atomic E-state index is 12.8. The SMILES string of the molecule is Cc1cc(=O)[nH]cc1C(=O)N1CCN(C(=O)c2c[nH]c(=O)cc2C)[C@@H](C)C1. The third-order valence-corrected chi connectivity index (χ3v) is 4.90. The van der Waals surface area contributed by atoms with Crippen LogP contribution in [-0.4, -0.2) is 57.3 Å². The quantitative estimate of drug-likeness (QED) is 0.810. The predicted octanol–water partition coefficient (Wildman–Crippen LogP) is 0.667. The fraction of sp³-hybridized carbons (Fsp3) is 0.368. The Morgan fingerprint density at radius 1 is 0.926 bits per heavy atom. The minimum Gasteiger partial charge on any atom is -0.335 e. The van der Waals surface area contributed by atoms with Gasteiger partial charge in [0, 0.05) is 50.2 Å². The van der Waals surface area contributed by atoms with Gasteiger partial charge in [-0.2, -0.15) is 0 Å². The van der Waals surface area contributed by atoms with Crippen LogP contribution in [-0.2, 0) is 0 Å². The highest BCUT2D eigenvalue weighted by Crippen LogP contribution is 2.17. The molecule has 0 spiro atoms. The van der Waals surface area contributed by atoms with Gasteiger partial charge in [-0.1, -0.05) is 0 Å². The Bertz CT molecular complexity index is 1010. The van der Waals surface area contributed by atoms with Gasteiger partial charge in [0.05, 0.1) is 11.1 Å². The summed E-state index contributed by atoms with van der Waals surface area (Å²) in [7, 11) is 0. The van der Waals surface area contributed by atoms with E-state index >= 15 is 0 Å². The van der Waals surface area contributed by atoms with E-state index in [1.54, 1.807) is 23.6 Å². The lowest BCUT2D eigenvalue weighted by Crippen LogP contribution is -2.55. The Kier molecular flexibility index (Phi) is 4.98. The first-order chi connectivity index (χ1) is 12.8. The summed E-state index contributed by atoms with van der Waals surface area (Å²) in [5.74, 6) is -0.327. The van der Waals surface area contributed by atoms with Crippen LogP contribution >= 0.6 is 0 Å². The zero-order valence-corrected chi connectivity index (χ0v) is 15.5. The number of aryl methyl sites for hydroxylation is 2. The lowest BCUT2D eigenvalue weighted by atomic mass is 10.1. The Hall–Kier alpha value is -3.16. The molecule has 1 fully saturated rings.